The molecule has 2 heterocycles. The first-order valence-electron chi connectivity index (χ1n) is 10.0. The third-order valence-corrected chi connectivity index (χ3v) is 5.69. The van der Waals surface area contributed by atoms with Crippen molar-refractivity contribution in [2.45, 2.75) is 32.2 Å². The van der Waals surface area contributed by atoms with E-state index in [2.05, 4.69) is 10.3 Å². The summed E-state index contributed by atoms with van der Waals surface area (Å²) in [6.07, 6.45) is 0.464. The number of hydrogen-bond donors (Lipinski definition) is 4. The molecule has 1 aliphatic rings. The van der Waals surface area contributed by atoms with Gasteiger partial charge in [-0.25, -0.2) is 0 Å². The number of nitrogens with one attached hydrogen (secondary N) is 2. The van der Waals surface area contributed by atoms with Gasteiger partial charge in [-0.1, -0.05) is 62.4 Å². The van der Waals surface area contributed by atoms with E-state index in [0.29, 0.717) is 12.0 Å². The van der Waals surface area contributed by atoms with Gasteiger partial charge in [0.1, 0.15) is 5.76 Å². The fraction of sp³-hybridized carbons (Fsp3) is 0.292. The van der Waals surface area contributed by atoms with Crippen molar-refractivity contribution in [3.63, 3.8) is 0 Å². The van der Waals surface area contributed by atoms with E-state index in [1.54, 1.807) is 0 Å². The van der Waals surface area contributed by atoms with E-state index in [9.17, 15) is 15.0 Å². The maximum absolute atomic E-state index is 13.0. The van der Waals surface area contributed by atoms with Gasteiger partial charge in [-0.3, -0.25) is 4.79 Å². The van der Waals surface area contributed by atoms with Crippen LogP contribution >= 0.6 is 0 Å². The van der Waals surface area contributed by atoms with E-state index in [0.717, 1.165) is 27.7 Å². The van der Waals surface area contributed by atoms with Crippen LogP contribution in [0.2, 0.25) is 0 Å². The van der Waals surface area contributed by atoms with Crippen molar-refractivity contribution in [3.8, 4) is 0 Å². The molecule has 0 saturated heterocycles. The molecule has 2 atom stereocenters. The number of benzene rings is 2. The molecular weight excluding hydrogens is 364 g/mol. The number of aliphatic hydroxyl groups excluding tert-OH is 2. The molecule has 1 amide bonds. The average molecular weight is 390 g/mol. The molecule has 0 saturated carbocycles. The van der Waals surface area contributed by atoms with Gasteiger partial charge in [0.25, 0.3) is 5.91 Å². The zero-order valence-electron chi connectivity index (χ0n) is 16.6. The van der Waals surface area contributed by atoms with Crippen molar-refractivity contribution >= 4 is 16.8 Å². The average Bonchev–Trinajstić information content (AvgIpc) is 3.22. The Morgan fingerprint density at radius 2 is 1.72 bits per heavy atom. The summed E-state index contributed by atoms with van der Waals surface area (Å²) in [5.41, 5.74) is 4.05. The standard InChI is InChI=1S/C24H26N2O3/c1-14(2)21-23(28)20(24(29)26-21)19(15-8-4-3-5-9-15)22-17(12-13-27)16-10-6-7-11-18(16)25-22/h3-11,14,19,21,25,27-28H,12-13H2,1-2H3,(H,26,29). The zero-order valence-corrected chi connectivity index (χ0v) is 16.6. The van der Waals surface area contributed by atoms with Gasteiger partial charge in [-0.15, -0.1) is 0 Å². The van der Waals surface area contributed by atoms with Crippen molar-refractivity contribution in [1.82, 2.24) is 10.3 Å². The highest BCUT2D eigenvalue weighted by molar-refractivity contribution is 6.00. The van der Waals surface area contributed by atoms with Crippen LogP contribution in [0.4, 0.5) is 0 Å². The number of aliphatic hydroxyl groups is 2. The molecule has 29 heavy (non-hydrogen) atoms. The minimum absolute atomic E-state index is 0.00219. The van der Waals surface area contributed by atoms with Gasteiger partial charge in [0.15, 0.2) is 0 Å². The van der Waals surface area contributed by atoms with E-state index in [1.807, 2.05) is 68.4 Å². The molecule has 2 unspecified atom stereocenters. The Morgan fingerprint density at radius 3 is 2.38 bits per heavy atom. The Kier molecular flexibility index (Phi) is 5.16. The van der Waals surface area contributed by atoms with Crippen LogP contribution in [0, 0.1) is 5.92 Å². The minimum atomic E-state index is -0.450. The summed E-state index contributed by atoms with van der Waals surface area (Å²) >= 11 is 0. The lowest BCUT2D eigenvalue weighted by molar-refractivity contribution is -0.117. The summed E-state index contributed by atoms with van der Waals surface area (Å²) in [7, 11) is 0. The smallest absolute Gasteiger partial charge is 0.252 e. The highest BCUT2D eigenvalue weighted by atomic mass is 16.3. The summed E-state index contributed by atoms with van der Waals surface area (Å²) in [5.74, 6) is -0.516. The van der Waals surface area contributed by atoms with Crippen LogP contribution in [-0.4, -0.2) is 33.8 Å². The predicted octanol–water partition coefficient (Wildman–Crippen LogP) is 3.80. The molecule has 0 radical (unpaired) electrons. The number of fused-ring (bicyclic) bond motifs is 1. The van der Waals surface area contributed by atoms with Crippen LogP contribution < -0.4 is 5.32 Å². The number of para-hydroxylation sites is 1. The van der Waals surface area contributed by atoms with Crippen LogP contribution in [0.25, 0.3) is 10.9 Å². The molecule has 5 heteroatoms. The first kappa shape index (κ1) is 19.3. The zero-order chi connectivity index (χ0) is 20.5. The lowest BCUT2D eigenvalue weighted by Gasteiger charge is -2.19. The first-order valence-corrected chi connectivity index (χ1v) is 10.0. The van der Waals surface area contributed by atoms with E-state index >= 15 is 0 Å². The summed E-state index contributed by atoms with van der Waals surface area (Å²) in [5, 5.41) is 24.7. The summed E-state index contributed by atoms with van der Waals surface area (Å²) in [4.78, 5) is 16.5. The number of hydrogen-bond acceptors (Lipinski definition) is 3. The Labute approximate surface area is 170 Å². The van der Waals surface area contributed by atoms with Crippen molar-refractivity contribution in [1.29, 1.82) is 0 Å². The molecule has 0 bridgehead atoms. The second-order valence-corrected chi connectivity index (χ2v) is 7.87. The topological polar surface area (TPSA) is 85.4 Å². The summed E-state index contributed by atoms with van der Waals surface area (Å²) in [6.45, 7) is 3.95. The number of aromatic amines is 1. The number of H-pyrrole nitrogens is 1. The maximum atomic E-state index is 13.0. The van der Waals surface area contributed by atoms with Crippen LogP contribution in [0.5, 0.6) is 0 Å². The van der Waals surface area contributed by atoms with E-state index in [-0.39, 0.29) is 24.2 Å². The number of amides is 1. The van der Waals surface area contributed by atoms with Crippen molar-refractivity contribution < 1.29 is 15.0 Å². The summed E-state index contributed by atoms with van der Waals surface area (Å²) < 4.78 is 0. The molecule has 5 nitrogen and oxygen atoms in total. The third-order valence-electron chi connectivity index (χ3n) is 5.69. The van der Waals surface area contributed by atoms with Gasteiger partial charge < -0.3 is 20.5 Å². The van der Waals surface area contributed by atoms with Crippen LogP contribution in [0.3, 0.4) is 0 Å². The lowest BCUT2D eigenvalue weighted by Crippen LogP contribution is -2.33. The highest BCUT2D eigenvalue weighted by Gasteiger charge is 2.40. The van der Waals surface area contributed by atoms with Crippen molar-refractivity contribution in [2.24, 2.45) is 5.92 Å². The number of rotatable bonds is 6. The van der Waals surface area contributed by atoms with Gasteiger partial charge in [-0.05, 0) is 29.5 Å². The van der Waals surface area contributed by atoms with Gasteiger partial charge in [0, 0.05) is 23.2 Å². The second kappa shape index (κ2) is 7.76. The molecule has 150 valence electrons. The monoisotopic (exact) mass is 390 g/mol. The molecule has 0 fully saturated rings. The maximum Gasteiger partial charge on any atom is 0.252 e. The molecule has 1 aliphatic heterocycles. The summed E-state index contributed by atoms with van der Waals surface area (Å²) in [6, 6.07) is 17.3. The molecular formula is C24H26N2O3. The normalized spacial score (nSPS) is 17.9. The number of carbonyl (C=O) groups is 1. The number of carbonyl (C=O) groups excluding carboxylic acids is 1. The van der Waals surface area contributed by atoms with Crippen molar-refractivity contribution in [2.75, 3.05) is 6.61 Å². The molecule has 1 aromatic heterocycles. The largest absolute Gasteiger partial charge is 0.510 e. The van der Waals surface area contributed by atoms with E-state index in [1.165, 1.54) is 0 Å². The Hall–Kier alpha value is -3.05. The predicted molar refractivity (Wildman–Crippen MR) is 114 cm³/mol. The molecule has 2 aromatic carbocycles. The molecule has 0 spiro atoms. The SMILES string of the molecule is CC(C)C1NC(=O)C(C(c2ccccc2)c2[nH]c3ccccc3c2CCO)=C1O. The Balaban J connectivity index is 1.98. The Morgan fingerprint density at radius 1 is 1.03 bits per heavy atom. The number of aromatic nitrogens is 1. The van der Waals surface area contributed by atoms with E-state index in [4.69, 9.17) is 0 Å². The molecule has 0 aliphatic carbocycles. The molecule has 4 rings (SSSR count). The molecule has 4 N–H and O–H groups in total. The van der Waals surface area contributed by atoms with Crippen LogP contribution in [-0.2, 0) is 11.2 Å². The van der Waals surface area contributed by atoms with Gasteiger partial charge >= 0.3 is 0 Å². The van der Waals surface area contributed by atoms with Crippen LogP contribution in [0.15, 0.2) is 65.9 Å². The fourth-order valence-electron chi connectivity index (χ4n) is 4.30. The van der Waals surface area contributed by atoms with E-state index < -0.39 is 12.0 Å². The quantitative estimate of drug-likeness (QED) is 0.516. The van der Waals surface area contributed by atoms with Gasteiger partial charge in [0.05, 0.1) is 17.5 Å². The highest BCUT2D eigenvalue weighted by Crippen LogP contribution is 2.40. The van der Waals surface area contributed by atoms with Gasteiger partial charge in [-0.2, -0.15) is 0 Å². The fourth-order valence-corrected chi connectivity index (χ4v) is 4.30. The third kappa shape index (κ3) is 3.32. The lowest BCUT2D eigenvalue weighted by atomic mass is 9.84. The van der Waals surface area contributed by atoms with Crippen molar-refractivity contribution in [3.05, 3.63) is 82.8 Å². The molecule has 3 aromatic rings. The first-order chi connectivity index (χ1) is 14.0. The second-order valence-electron chi connectivity index (χ2n) is 7.87. The minimum Gasteiger partial charge on any atom is -0.510 e. The van der Waals surface area contributed by atoms with Gasteiger partial charge in [0.2, 0.25) is 0 Å². The Bertz CT molecular complexity index is 1070. The van der Waals surface area contributed by atoms with Crippen LogP contribution in [0.1, 0.15) is 36.6 Å².